The van der Waals surface area contributed by atoms with Crippen LogP contribution in [0, 0.1) is 0 Å². The molecule has 1 aliphatic heterocycles. The highest BCUT2D eigenvalue weighted by Gasteiger charge is 2.19. The summed E-state index contributed by atoms with van der Waals surface area (Å²) in [6.45, 7) is 3.92. The van der Waals surface area contributed by atoms with E-state index in [4.69, 9.17) is 4.74 Å². The van der Waals surface area contributed by atoms with Crippen LogP contribution < -0.4 is 10.6 Å². The van der Waals surface area contributed by atoms with Crippen LogP contribution in [-0.4, -0.2) is 46.6 Å². The Morgan fingerprint density at radius 2 is 2.12 bits per heavy atom. The first-order valence-corrected chi connectivity index (χ1v) is 8.38. The third-order valence-electron chi connectivity index (χ3n) is 4.06. The number of amides is 1. The van der Waals surface area contributed by atoms with Crippen LogP contribution in [0.2, 0.25) is 0 Å². The van der Waals surface area contributed by atoms with Gasteiger partial charge in [-0.3, -0.25) is 4.79 Å². The molecule has 9 heteroatoms. The van der Waals surface area contributed by atoms with Crippen molar-refractivity contribution in [3.63, 3.8) is 0 Å². The van der Waals surface area contributed by atoms with E-state index in [9.17, 15) is 9.59 Å². The lowest BCUT2D eigenvalue weighted by atomic mass is 10.1. The Bertz CT molecular complexity index is 758. The number of nitrogens with one attached hydrogen (secondary N) is 2. The maximum Gasteiger partial charge on any atom is 0.338 e. The lowest BCUT2D eigenvalue weighted by molar-refractivity contribution is 0.0526. The molecule has 1 aliphatic rings. The second-order valence-corrected chi connectivity index (χ2v) is 5.82. The summed E-state index contributed by atoms with van der Waals surface area (Å²) in [5.41, 5.74) is 1.14. The molecule has 2 heterocycles. The molecule has 1 aromatic carbocycles. The molecule has 2 N–H and O–H groups in total. The van der Waals surface area contributed by atoms with E-state index < -0.39 is 5.97 Å². The zero-order valence-corrected chi connectivity index (χ0v) is 15.3. The Hall–Kier alpha value is -2.45. The molecule has 140 valence electrons. The molecule has 0 aliphatic carbocycles. The second-order valence-electron chi connectivity index (χ2n) is 5.82. The van der Waals surface area contributed by atoms with Crippen molar-refractivity contribution in [2.75, 3.05) is 25.0 Å². The van der Waals surface area contributed by atoms with Gasteiger partial charge in [0, 0.05) is 5.69 Å². The van der Waals surface area contributed by atoms with Gasteiger partial charge in [-0.1, -0.05) is 11.3 Å². The van der Waals surface area contributed by atoms with Crippen molar-refractivity contribution in [3.05, 3.63) is 41.7 Å². The molecule has 8 nitrogen and oxygen atoms in total. The van der Waals surface area contributed by atoms with E-state index in [0.29, 0.717) is 17.9 Å². The van der Waals surface area contributed by atoms with Crippen molar-refractivity contribution in [2.45, 2.75) is 25.8 Å². The van der Waals surface area contributed by atoms with Crippen LogP contribution in [0.5, 0.6) is 0 Å². The van der Waals surface area contributed by atoms with Crippen molar-refractivity contribution in [2.24, 2.45) is 0 Å². The number of piperidine rings is 1. The molecule has 1 amide bonds. The Balaban J connectivity index is 0.00000243. The first kappa shape index (κ1) is 19.9. The molecule has 1 fully saturated rings. The summed E-state index contributed by atoms with van der Waals surface area (Å²) in [6, 6.07) is 6.88. The van der Waals surface area contributed by atoms with Gasteiger partial charge in [0.25, 0.3) is 5.91 Å². The number of nitrogens with zero attached hydrogens (tertiary/aromatic N) is 3. The summed E-state index contributed by atoms with van der Waals surface area (Å²) in [7, 11) is 0. The molecule has 2 aromatic rings. The molecule has 0 atom stereocenters. The molecule has 3 rings (SSSR count). The molecular weight excluding hydrogens is 358 g/mol. The van der Waals surface area contributed by atoms with Crippen LogP contribution in [0.4, 0.5) is 5.69 Å². The minimum atomic E-state index is -0.421. The fourth-order valence-corrected chi connectivity index (χ4v) is 2.76. The summed E-state index contributed by atoms with van der Waals surface area (Å²) in [5.74, 6) is -0.781. The third-order valence-corrected chi connectivity index (χ3v) is 4.06. The maximum absolute atomic E-state index is 12.4. The number of halogens is 1. The Labute approximate surface area is 157 Å². The van der Waals surface area contributed by atoms with Crippen LogP contribution in [0.1, 0.15) is 46.7 Å². The molecule has 26 heavy (non-hydrogen) atoms. The highest BCUT2D eigenvalue weighted by Crippen LogP contribution is 2.18. The van der Waals surface area contributed by atoms with Gasteiger partial charge >= 0.3 is 5.97 Å². The minimum Gasteiger partial charge on any atom is -0.462 e. The van der Waals surface area contributed by atoms with Gasteiger partial charge in [-0.2, -0.15) is 0 Å². The first-order valence-electron chi connectivity index (χ1n) is 8.38. The summed E-state index contributed by atoms with van der Waals surface area (Å²) < 4.78 is 6.72. The number of carbonyl (C=O) groups is 2. The van der Waals surface area contributed by atoms with Crippen molar-refractivity contribution < 1.29 is 14.3 Å². The van der Waals surface area contributed by atoms with E-state index >= 15 is 0 Å². The standard InChI is InChI=1S/C17H21N5O3.ClH/c1-2-25-17(24)12-4-3-5-13(10-12)19-16(23)15-11-22(21-20-15)14-6-8-18-9-7-14;/h3-5,10-11,14,18H,2,6-9H2,1H3,(H,19,23);1H. The Kier molecular flexibility index (Phi) is 7.11. The summed E-state index contributed by atoms with van der Waals surface area (Å²) >= 11 is 0. The summed E-state index contributed by atoms with van der Waals surface area (Å²) in [5, 5.41) is 14.1. The average Bonchev–Trinajstić information content (AvgIpc) is 3.13. The number of benzene rings is 1. The molecule has 0 radical (unpaired) electrons. The van der Waals surface area contributed by atoms with Gasteiger partial charge in [0.2, 0.25) is 0 Å². The van der Waals surface area contributed by atoms with E-state index in [1.165, 1.54) is 0 Å². The summed E-state index contributed by atoms with van der Waals surface area (Å²) in [4.78, 5) is 24.1. The first-order chi connectivity index (χ1) is 12.2. The molecule has 1 saturated heterocycles. The molecule has 0 bridgehead atoms. The van der Waals surface area contributed by atoms with Crippen molar-refractivity contribution in [1.82, 2.24) is 20.3 Å². The highest BCUT2D eigenvalue weighted by molar-refractivity contribution is 6.03. The number of anilines is 1. The molecule has 0 unspecified atom stereocenters. The predicted molar refractivity (Wildman–Crippen MR) is 98.8 cm³/mol. The van der Waals surface area contributed by atoms with Crippen LogP contribution in [0.15, 0.2) is 30.5 Å². The van der Waals surface area contributed by atoms with Gasteiger partial charge in [0.15, 0.2) is 5.69 Å². The number of aromatic nitrogens is 3. The Morgan fingerprint density at radius 1 is 1.35 bits per heavy atom. The normalized spacial score (nSPS) is 14.3. The van der Waals surface area contributed by atoms with Gasteiger partial charge in [-0.05, 0) is 51.1 Å². The second kappa shape index (κ2) is 9.30. The third kappa shape index (κ3) is 4.80. The zero-order valence-electron chi connectivity index (χ0n) is 14.5. The molecule has 1 aromatic heterocycles. The van der Waals surface area contributed by atoms with Gasteiger partial charge in [0.05, 0.1) is 24.4 Å². The van der Waals surface area contributed by atoms with Crippen LogP contribution in [-0.2, 0) is 4.74 Å². The zero-order chi connectivity index (χ0) is 17.6. The van der Waals surface area contributed by atoms with E-state index in [1.807, 2.05) is 0 Å². The predicted octanol–water partition coefficient (Wildman–Crippen LogP) is 2.05. The topological polar surface area (TPSA) is 98.1 Å². The Morgan fingerprint density at radius 3 is 2.85 bits per heavy atom. The summed E-state index contributed by atoms with van der Waals surface area (Å²) in [6.07, 6.45) is 3.60. The minimum absolute atomic E-state index is 0. The van der Waals surface area contributed by atoms with Gasteiger partial charge in [-0.25, -0.2) is 9.48 Å². The number of hydrogen-bond donors (Lipinski definition) is 2. The molecule has 0 saturated carbocycles. The van der Waals surface area contributed by atoms with E-state index in [0.717, 1.165) is 25.9 Å². The van der Waals surface area contributed by atoms with Crippen molar-refractivity contribution in [3.8, 4) is 0 Å². The highest BCUT2D eigenvalue weighted by atomic mass is 35.5. The maximum atomic E-state index is 12.4. The monoisotopic (exact) mass is 379 g/mol. The van der Waals surface area contributed by atoms with Gasteiger partial charge < -0.3 is 15.4 Å². The average molecular weight is 380 g/mol. The fourth-order valence-electron chi connectivity index (χ4n) is 2.76. The van der Waals surface area contributed by atoms with Gasteiger partial charge in [-0.15, -0.1) is 17.5 Å². The number of carbonyl (C=O) groups excluding carboxylic acids is 2. The van der Waals surface area contributed by atoms with Gasteiger partial charge in [0.1, 0.15) is 0 Å². The van der Waals surface area contributed by atoms with Crippen LogP contribution in [0.25, 0.3) is 0 Å². The van der Waals surface area contributed by atoms with Crippen molar-refractivity contribution in [1.29, 1.82) is 0 Å². The molecular formula is C17H22ClN5O3. The number of hydrogen-bond acceptors (Lipinski definition) is 6. The lowest BCUT2D eigenvalue weighted by Crippen LogP contribution is -2.29. The number of esters is 1. The quantitative estimate of drug-likeness (QED) is 0.771. The van der Waals surface area contributed by atoms with E-state index in [-0.39, 0.29) is 30.0 Å². The largest absolute Gasteiger partial charge is 0.462 e. The number of rotatable bonds is 5. The van der Waals surface area contributed by atoms with E-state index in [1.54, 1.807) is 42.1 Å². The number of ether oxygens (including phenoxy) is 1. The lowest BCUT2D eigenvalue weighted by Gasteiger charge is -2.22. The SMILES string of the molecule is CCOC(=O)c1cccc(NC(=O)c2cn(C3CCNCC3)nn2)c1.Cl. The van der Waals surface area contributed by atoms with E-state index in [2.05, 4.69) is 20.9 Å². The fraction of sp³-hybridized carbons (Fsp3) is 0.412. The van der Waals surface area contributed by atoms with Crippen LogP contribution in [0.3, 0.4) is 0 Å². The smallest absolute Gasteiger partial charge is 0.338 e. The van der Waals surface area contributed by atoms with Crippen LogP contribution >= 0.6 is 12.4 Å². The molecule has 0 spiro atoms. The van der Waals surface area contributed by atoms with Crippen molar-refractivity contribution >= 4 is 30.0 Å².